The molecule has 1 heterocycles. The molecule has 0 aliphatic rings. The molecule has 0 spiro atoms. The van der Waals surface area contributed by atoms with Gasteiger partial charge in [-0.2, -0.15) is 5.26 Å². The fourth-order valence-electron chi connectivity index (χ4n) is 1.69. The average molecular weight is 244 g/mol. The van der Waals surface area contributed by atoms with E-state index in [-0.39, 0.29) is 12.2 Å². The lowest BCUT2D eigenvalue weighted by Gasteiger charge is -2.16. The number of aryl methyl sites for hydroxylation is 2. The molecule has 0 radical (unpaired) electrons. The molecule has 0 N–H and O–H groups in total. The molecule has 1 aromatic carbocycles. The van der Waals surface area contributed by atoms with Crippen LogP contribution in [0.4, 0.5) is 10.1 Å². The van der Waals surface area contributed by atoms with Gasteiger partial charge in [0.1, 0.15) is 11.6 Å². The van der Waals surface area contributed by atoms with Crippen LogP contribution in [0.3, 0.4) is 0 Å². The van der Waals surface area contributed by atoms with Crippen molar-refractivity contribution in [2.75, 3.05) is 4.90 Å². The normalized spacial score (nSPS) is 10.1. The first-order chi connectivity index (χ1) is 8.61. The summed E-state index contributed by atoms with van der Waals surface area (Å²) in [7, 11) is 1.84. The minimum Gasteiger partial charge on any atom is -0.336 e. The third kappa shape index (κ3) is 2.33. The van der Waals surface area contributed by atoms with E-state index in [1.165, 1.54) is 11.0 Å². The summed E-state index contributed by atoms with van der Waals surface area (Å²) in [6, 6.07) is 4.70. The van der Waals surface area contributed by atoms with Gasteiger partial charge in [0, 0.05) is 19.4 Å². The number of hydrogen-bond acceptors (Lipinski definition) is 3. The van der Waals surface area contributed by atoms with Gasteiger partial charge >= 0.3 is 0 Å². The molecule has 0 fully saturated rings. The second-order valence-corrected chi connectivity index (χ2v) is 4.10. The topological polar surface area (TPSA) is 44.9 Å². The van der Waals surface area contributed by atoms with Crippen molar-refractivity contribution in [2.24, 2.45) is 7.05 Å². The lowest BCUT2D eigenvalue weighted by molar-refractivity contribution is 0.622. The van der Waals surface area contributed by atoms with Crippen LogP contribution in [0, 0.1) is 24.2 Å². The van der Waals surface area contributed by atoms with Crippen LogP contribution in [-0.4, -0.2) is 9.55 Å². The molecule has 0 unspecified atom stereocenters. The van der Waals surface area contributed by atoms with Gasteiger partial charge in [0.15, 0.2) is 6.19 Å². The van der Waals surface area contributed by atoms with Crippen molar-refractivity contribution in [1.82, 2.24) is 9.55 Å². The molecule has 0 saturated heterocycles. The van der Waals surface area contributed by atoms with E-state index in [0.717, 1.165) is 5.56 Å². The molecule has 5 heteroatoms. The highest BCUT2D eigenvalue weighted by Crippen LogP contribution is 2.21. The van der Waals surface area contributed by atoms with E-state index in [4.69, 9.17) is 5.26 Å². The summed E-state index contributed by atoms with van der Waals surface area (Å²) in [5, 5.41) is 9.16. The predicted octanol–water partition coefficient (Wildman–Crippen LogP) is 2.36. The van der Waals surface area contributed by atoms with Crippen molar-refractivity contribution in [3.05, 3.63) is 47.8 Å². The number of aromatic nitrogens is 2. The minimum absolute atomic E-state index is 0.250. The number of anilines is 1. The highest BCUT2D eigenvalue weighted by Gasteiger charge is 2.13. The molecule has 1 aromatic heterocycles. The maximum atomic E-state index is 13.7. The van der Waals surface area contributed by atoms with Crippen molar-refractivity contribution in [3.8, 4) is 6.19 Å². The van der Waals surface area contributed by atoms with Crippen LogP contribution in [0.15, 0.2) is 30.6 Å². The van der Waals surface area contributed by atoms with Gasteiger partial charge in [-0.25, -0.2) is 9.37 Å². The fourth-order valence-corrected chi connectivity index (χ4v) is 1.69. The van der Waals surface area contributed by atoms with Crippen molar-refractivity contribution in [1.29, 1.82) is 5.26 Å². The molecule has 92 valence electrons. The minimum atomic E-state index is -0.406. The molecule has 0 aliphatic carbocycles. The molecule has 0 bridgehead atoms. The largest absolute Gasteiger partial charge is 0.336 e. The summed E-state index contributed by atoms with van der Waals surface area (Å²) in [6.07, 6.45) is 5.43. The Bertz CT molecular complexity index is 597. The van der Waals surface area contributed by atoms with Gasteiger partial charge in [0.25, 0.3) is 0 Å². The molecule has 0 saturated carbocycles. The van der Waals surface area contributed by atoms with E-state index in [0.29, 0.717) is 5.82 Å². The Kier molecular flexibility index (Phi) is 3.28. The second kappa shape index (κ2) is 4.88. The maximum absolute atomic E-state index is 13.7. The van der Waals surface area contributed by atoms with Gasteiger partial charge in [-0.05, 0) is 24.6 Å². The monoisotopic (exact) mass is 244 g/mol. The van der Waals surface area contributed by atoms with Crippen LogP contribution in [0.25, 0.3) is 0 Å². The maximum Gasteiger partial charge on any atom is 0.184 e. The summed E-state index contributed by atoms with van der Waals surface area (Å²) in [6.45, 7) is 2.11. The van der Waals surface area contributed by atoms with E-state index >= 15 is 0 Å². The average Bonchev–Trinajstić information content (AvgIpc) is 2.75. The van der Waals surface area contributed by atoms with Gasteiger partial charge in [-0.3, -0.25) is 4.90 Å². The van der Waals surface area contributed by atoms with Crippen LogP contribution in [0.5, 0.6) is 0 Å². The molecular formula is C13H13FN4. The predicted molar refractivity (Wildman–Crippen MR) is 66.1 cm³/mol. The summed E-state index contributed by atoms with van der Waals surface area (Å²) in [5.74, 6) is 0.300. The van der Waals surface area contributed by atoms with Gasteiger partial charge in [-0.15, -0.1) is 0 Å². The zero-order valence-corrected chi connectivity index (χ0v) is 10.3. The number of benzene rings is 1. The van der Waals surface area contributed by atoms with Gasteiger partial charge < -0.3 is 4.57 Å². The molecule has 18 heavy (non-hydrogen) atoms. The van der Waals surface area contributed by atoms with Gasteiger partial charge in [0.2, 0.25) is 0 Å². The van der Waals surface area contributed by atoms with Crippen molar-refractivity contribution in [2.45, 2.75) is 13.5 Å². The zero-order valence-electron chi connectivity index (χ0n) is 10.3. The molecule has 2 aromatic rings. The van der Waals surface area contributed by atoms with E-state index in [9.17, 15) is 4.39 Å². The van der Waals surface area contributed by atoms with E-state index < -0.39 is 5.82 Å². The lowest BCUT2D eigenvalue weighted by atomic mass is 10.2. The lowest BCUT2D eigenvalue weighted by Crippen LogP contribution is -2.19. The van der Waals surface area contributed by atoms with Crippen molar-refractivity contribution >= 4 is 5.69 Å². The third-order valence-corrected chi connectivity index (χ3v) is 2.73. The van der Waals surface area contributed by atoms with Crippen LogP contribution in [0.1, 0.15) is 11.4 Å². The summed E-state index contributed by atoms with van der Waals surface area (Å²) < 4.78 is 15.5. The number of halogens is 1. The van der Waals surface area contributed by atoms with Crippen LogP contribution >= 0.6 is 0 Å². The van der Waals surface area contributed by atoms with E-state index in [2.05, 4.69) is 4.98 Å². The van der Waals surface area contributed by atoms with Crippen molar-refractivity contribution in [3.63, 3.8) is 0 Å². The van der Waals surface area contributed by atoms with Crippen LogP contribution < -0.4 is 4.90 Å². The quantitative estimate of drug-likeness (QED) is 0.615. The summed E-state index contributed by atoms with van der Waals surface area (Å²) in [4.78, 5) is 5.43. The van der Waals surface area contributed by atoms with Crippen LogP contribution in [0.2, 0.25) is 0 Å². The molecule has 2 rings (SSSR count). The van der Waals surface area contributed by atoms with E-state index in [1.54, 1.807) is 29.1 Å². The van der Waals surface area contributed by atoms with Crippen molar-refractivity contribution < 1.29 is 4.39 Å². The molecular weight excluding hydrogens is 231 g/mol. The van der Waals surface area contributed by atoms with Crippen LogP contribution in [-0.2, 0) is 13.6 Å². The molecule has 4 nitrogen and oxygen atoms in total. The van der Waals surface area contributed by atoms with Gasteiger partial charge in [-0.1, -0.05) is 6.07 Å². The molecule has 0 aliphatic heterocycles. The summed E-state index contributed by atoms with van der Waals surface area (Å²) in [5.41, 5.74) is 1.19. The number of rotatable bonds is 3. The fraction of sp³-hybridized carbons (Fsp3) is 0.231. The number of hydrogen-bond donors (Lipinski definition) is 0. The summed E-state index contributed by atoms with van der Waals surface area (Å²) >= 11 is 0. The Morgan fingerprint density at radius 2 is 2.28 bits per heavy atom. The number of imidazole rings is 1. The first-order valence-corrected chi connectivity index (χ1v) is 5.51. The Morgan fingerprint density at radius 3 is 2.89 bits per heavy atom. The Hall–Kier alpha value is -2.35. The van der Waals surface area contributed by atoms with E-state index in [1.807, 2.05) is 20.2 Å². The smallest absolute Gasteiger partial charge is 0.184 e. The second-order valence-electron chi connectivity index (χ2n) is 4.10. The highest BCUT2D eigenvalue weighted by atomic mass is 19.1. The number of nitrogens with zero attached hydrogens (tertiary/aromatic N) is 4. The number of nitriles is 1. The van der Waals surface area contributed by atoms with Gasteiger partial charge in [0.05, 0.1) is 12.2 Å². The standard InChI is InChI=1S/C13H13FN4/c1-10-3-4-11(14)12(7-10)18(9-15)8-13-16-5-6-17(13)2/h3-7H,8H2,1-2H3. The highest BCUT2D eigenvalue weighted by molar-refractivity contribution is 5.53. The SMILES string of the molecule is Cc1ccc(F)c(N(C#N)Cc2nccn2C)c1. The Balaban J connectivity index is 2.32. The Labute approximate surface area is 105 Å². The first kappa shape index (κ1) is 12.1. The molecule has 0 amide bonds. The Morgan fingerprint density at radius 1 is 1.50 bits per heavy atom. The first-order valence-electron chi connectivity index (χ1n) is 5.51. The zero-order chi connectivity index (χ0) is 13.1. The molecule has 0 atom stereocenters. The third-order valence-electron chi connectivity index (χ3n) is 2.73.